The van der Waals surface area contributed by atoms with Gasteiger partial charge in [0.2, 0.25) is 0 Å². The van der Waals surface area contributed by atoms with E-state index in [1.54, 1.807) is 0 Å². The number of hydrogen-bond acceptors (Lipinski definition) is 3. The van der Waals surface area contributed by atoms with Gasteiger partial charge in [-0.15, -0.1) is 0 Å². The standard InChI is InChI=1S/C15H16N4O/c1-9-14-11(10-4-2-3-5-12(10)19-14)8-13(18-9)15(20)17-7-6-16/h2-5,8,19H,6-7,16H2,1H3,(H,17,20). The largest absolute Gasteiger partial charge is 0.353 e. The Hall–Kier alpha value is -2.40. The summed E-state index contributed by atoms with van der Waals surface area (Å²) in [5.41, 5.74) is 8.66. The lowest BCUT2D eigenvalue weighted by Crippen LogP contribution is -2.29. The highest BCUT2D eigenvalue weighted by Crippen LogP contribution is 2.27. The molecule has 2 heterocycles. The molecule has 0 unspecified atom stereocenters. The third-order valence-electron chi connectivity index (χ3n) is 3.34. The number of nitrogens with one attached hydrogen (secondary N) is 2. The molecule has 2 aromatic heterocycles. The van der Waals surface area contributed by atoms with E-state index in [1.165, 1.54) is 0 Å². The van der Waals surface area contributed by atoms with E-state index in [2.05, 4.69) is 15.3 Å². The lowest BCUT2D eigenvalue weighted by atomic mass is 10.1. The molecule has 0 aliphatic heterocycles. The molecule has 1 amide bonds. The average molecular weight is 268 g/mol. The van der Waals surface area contributed by atoms with Crippen LogP contribution in [0.5, 0.6) is 0 Å². The molecule has 20 heavy (non-hydrogen) atoms. The number of nitrogens with zero attached hydrogens (tertiary/aromatic N) is 1. The zero-order valence-electron chi connectivity index (χ0n) is 11.2. The second-order valence-corrected chi connectivity index (χ2v) is 4.73. The molecule has 0 fully saturated rings. The third kappa shape index (κ3) is 2.02. The Labute approximate surface area is 116 Å². The van der Waals surface area contributed by atoms with E-state index in [1.807, 2.05) is 37.3 Å². The topological polar surface area (TPSA) is 83.8 Å². The number of carbonyl (C=O) groups is 1. The van der Waals surface area contributed by atoms with Crippen molar-refractivity contribution in [1.82, 2.24) is 15.3 Å². The summed E-state index contributed by atoms with van der Waals surface area (Å²) in [7, 11) is 0. The molecule has 3 rings (SSSR count). The van der Waals surface area contributed by atoms with Crippen molar-refractivity contribution in [2.75, 3.05) is 13.1 Å². The van der Waals surface area contributed by atoms with Gasteiger partial charge in [0.15, 0.2) is 0 Å². The first kappa shape index (κ1) is 12.6. The molecule has 3 aromatic rings. The predicted molar refractivity (Wildman–Crippen MR) is 79.7 cm³/mol. The van der Waals surface area contributed by atoms with E-state index in [4.69, 9.17) is 5.73 Å². The second-order valence-electron chi connectivity index (χ2n) is 4.73. The van der Waals surface area contributed by atoms with Gasteiger partial charge in [0.05, 0.1) is 11.2 Å². The van der Waals surface area contributed by atoms with Crippen molar-refractivity contribution in [2.45, 2.75) is 6.92 Å². The monoisotopic (exact) mass is 268 g/mol. The number of fused-ring (bicyclic) bond motifs is 3. The molecule has 5 heteroatoms. The van der Waals surface area contributed by atoms with Crippen LogP contribution in [0.15, 0.2) is 30.3 Å². The Morgan fingerprint density at radius 2 is 2.15 bits per heavy atom. The maximum Gasteiger partial charge on any atom is 0.269 e. The Morgan fingerprint density at radius 3 is 2.95 bits per heavy atom. The quantitative estimate of drug-likeness (QED) is 0.676. The van der Waals surface area contributed by atoms with Gasteiger partial charge >= 0.3 is 0 Å². The number of para-hydroxylation sites is 1. The number of pyridine rings is 1. The zero-order chi connectivity index (χ0) is 14.1. The first-order chi connectivity index (χ1) is 9.70. The Morgan fingerprint density at radius 1 is 1.35 bits per heavy atom. The SMILES string of the molecule is Cc1nc(C(=O)NCCN)cc2c1[nH]c1ccccc12. The minimum atomic E-state index is -0.189. The molecule has 0 atom stereocenters. The molecule has 0 spiro atoms. The van der Waals surface area contributed by atoms with Gasteiger partial charge in [-0.05, 0) is 19.1 Å². The minimum absolute atomic E-state index is 0.189. The van der Waals surface area contributed by atoms with Crippen molar-refractivity contribution in [3.05, 3.63) is 41.7 Å². The molecule has 0 saturated carbocycles. The number of benzene rings is 1. The first-order valence-electron chi connectivity index (χ1n) is 6.57. The van der Waals surface area contributed by atoms with Gasteiger partial charge < -0.3 is 16.0 Å². The minimum Gasteiger partial charge on any atom is -0.353 e. The van der Waals surface area contributed by atoms with Gasteiger partial charge in [0.1, 0.15) is 5.69 Å². The normalized spacial score (nSPS) is 11.1. The zero-order valence-corrected chi connectivity index (χ0v) is 11.2. The van der Waals surface area contributed by atoms with Crippen molar-refractivity contribution >= 4 is 27.7 Å². The molecule has 102 valence electrons. The summed E-state index contributed by atoms with van der Waals surface area (Å²) in [6.07, 6.45) is 0. The highest BCUT2D eigenvalue weighted by atomic mass is 16.1. The summed E-state index contributed by atoms with van der Waals surface area (Å²) in [5, 5.41) is 4.86. The number of hydrogen-bond donors (Lipinski definition) is 3. The second kappa shape index (κ2) is 4.94. The van der Waals surface area contributed by atoms with Crippen LogP contribution >= 0.6 is 0 Å². The van der Waals surface area contributed by atoms with Crippen LogP contribution in [0.4, 0.5) is 0 Å². The molecule has 4 N–H and O–H groups in total. The maximum atomic E-state index is 12.0. The summed E-state index contributed by atoms with van der Waals surface area (Å²) in [4.78, 5) is 19.7. The van der Waals surface area contributed by atoms with Gasteiger partial charge in [0.25, 0.3) is 5.91 Å². The van der Waals surface area contributed by atoms with Gasteiger partial charge in [0, 0.05) is 29.4 Å². The van der Waals surface area contributed by atoms with Crippen LogP contribution in [-0.4, -0.2) is 29.0 Å². The van der Waals surface area contributed by atoms with E-state index in [9.17, 15) is 4.79 Å². The molecule has 0 aliphatic rings. The van der Waals surface area contributed by atoms with Crippen molar-refractivity contribution in [2.24, 2.45) is 5.73 Å². The van der Waals surface area contributed by atoms with Crippen LogP contribution < -0.4 is 11.1 Å². The van der Waals surface area contributed by atoms with Crippen molar-refractivity contribution in [1.29, 1.82) is 0 Å². The molecular formula is C15H16N4O. The Bertz CT molecular complexity index is 791. The fourth-order valence-corrected chi connectivity index (χ4v) is 2.40. The fourth-order valence-electron chi connectivity index (χ4n) is 2.40. The van der Waals surface area contributed by atoms with E-state index in [-0.39, 0.29) is 5.91 Å². The van der Waals surface area contributed by atoms with Crippen LogP contribution in [0.1, 0.15) is 16.2 Å². The maximum absolute atomic E-state index is 12.0. The van der Waals surface area contributed by atoms with Gasteiger partial charge in [-0.1, -0.05) is 18.2 Å². The van der Waals surface area contributed by atoms with Crippen molar-refractivity contribution in [3.63, 3.8) is 0 Å². The number of carbonyl (C=O) groups excluding carboxylic acids is 1. The van der Waals surface area contributed by atoms with Crippen molar-refractivity contribution < 1.29 is 4.79 Å². The van der Waals surface area contributed by atoms with Gasteiger partial charge in [-0.3, -0.25) is 4.79 Å². The molecule has 0 radical (unpaired) electrons. The van der Waals surface area contributed by atoms with Crippen LogP contribution in [-0.2, 0) is 0 Å². The Kier molecular flexibility index (Phi) is 3.12. The van der Waals surface area contributed by atoms with E-state index < -0.39 is 0 Å². The van der Waals surface area contributed by atoms with E-state index in [0.29, 0.717) is 18.8 Å². The van der Waals surface area contributed by atoms with Crippen LogP contribution in [0.3, 0.4) is 0 Å². The van der Waals surface area contributed by atoms with Crippen LogP contribution in [0.2, 0.25) is 0 Å². The smallest absolute Gasteiger partial charge is 0.269 e. The highest BCUT2D eigenvalue weighted by molar-refractivity contribution is 6.09. The van der Waals surface area contributed by atoms with E-state index >= 15 is 0 Å². The molecular weight excluding hydrogens is 252 g/mol. The average Bonchev–Trinajstić information content (AvgIpc) is 2.84. The number of aromatic amines is 1. The molecule has 1 aromatic carbocycles. The number of H-pyrrole nitrogens is 1. The summed E-state index contributed by atoms with van der Waals surface area (Å²) >= 11 is 0. The number of rotatable bonds is 3. The number of aromatic nitrogens is 2. The fraction of sp³-hybridized carbons (Fsp3) is 0.200. The molecule has 0 bridgehead atoms. The van der Waals surface area contributed by atoms with Gasteiger partial charge in [-0.25, -0.2) is 4.98 Å². The lowest BCUT2D eigenvalue weighted by Gasteiger charge is -2.04. The number of amides is 1. The summed E-state index contributed by atoms with van der Waals surface area (Å²) in [6.45, 7) is 2.77. The summed E-state index contributed by atoms with van der Waals surface area (Å²) in [6, 6.07) is 9.85. The number of nitrogens with two attached hydrogens (primary N) is 1. The van der Waals surface area contributed by atoms with Crippen molar-refractivity contribution in [3.8, 4) is 0 Å². The number of aryl methyl sites for hydroxylation is 1. The predicted octanol–water partition coefficient (Wildman–Crippen LogP) is 1.71. The molecule has 0 aliphatic carbocycles. The van der Waals surface area contributed by atoms with Crippen LogP contribution in [0.25, 0.3) is 21.8 Å². The molecule has 0 saturated heterocycles. The third-order valence-corrected chi connectivity index (χ3v) is 3.34. The summed E-state index contributed by atoms with van der Waals surface area (Å²) < 4.78 is 0. The van der Waals surface area contributed by atoms with Crippen LogP contribution in [0, 0.1) is 6.92 Å². The van der Waals surface area contributed by atoms with E-state index in [0.717, 1.165) is 27.5 Å². The molecule has 5 nitrogen and oxygen atoms in total. The lowest BCUT2D eigenvalue weighted by molar-refractivity contribution is 0.0950. The first-order valence-corrected chi connectivity index (χ1v) is 6.57. The van der Waals surface area contributed by atoms with Gasteiger partial charge in [-0.2, -0.15) is 0 Å². The Balaban J connectivity index is 2.17. The summed E-state index contributed by atoms with van der Waals surface area (Å²) in [5.74, 6) is -0.189. The highest BCUT2D eigenvalue weighted by Gasteiger charge is 2.13.